The van der Waals surface area contributed by atoms with Crippen LogP contribution in [0.5, 0.6) is 5.75 Å². The highest BCUT2D eigenvalue weighted by Crippen LogP contribution is 2.23. The van der Waals surface area contributed by atoms with Gasteiger partial charge in [0.25, 0.3) is 5.91 Å². The van der Waals surface area contributed by atoms with Gasteiger partial charge < -0.3 is 10.1 Å². The fraction of sp³-hybridized carbons (Fsp3) is 0.0800. The summed E-state index contributed by atoms with van der Waals surface area (Å²) in [5.41, 5.74) is 1.98. The number of thioether (sulfide) groups is 1. The molecule has 0 atom stereocenters. The molecular weight excluding hydrogens is 378 g/mol. The fourth-order valence-electron chi connectivity index (χ4n) is 2.97. The fourth-order valence-corrected chi connectivity index (χ4v) is 3.85. The Balaban J connectivity index is 1.27. The first-order valence-electron chi connectivity index (χ1n) is 9.44. The van der Waals surface area contributed by atoms with Crippen LogP contribution in [0.1, 0.15) is 5.56 Å². The maximum atomic E-state index is 12.2. The Morgan fingerprint density at radius 3 is 2.31 bits per heavy atom. The average Bonchev–Trinajstić information content (AvgIpc) is 2.78. The molecule has 144 valence electrons. The summed E-state index contributed by atoms with van der Waals surface area (Å²) in [6.45, 7) is -0.0239. The molecule has 0 aliphatic carbocycles. The van der Waals surface area contributed by atoms with Gasteiger partial charge in [0.1, 0.15) is 5.75 Å². The molecule has 0 radical (unpaired) electrons. The van der Waals surface area contributed by atoms with Crippen LogP contribution in [0.3, 0.4) is 0 Å². The number of fused-ring (bicyclic) bond motifs is 1. The molecule has 0 spiro atoms. The second-order valence-electron chi connectivity index (χ2n) is 6.64. The van der Waals surface area contributed by atoms with E-state index in [1.807, 2.05) is 84.9 Å². The van der Waals surface area contributed by atoms with Gasteiger partial charge in [0.2, 0.25) is 0 Å². The molecule has 0 aliphatic rings. The zero-order valence-corrected chi connectivity index (χ0v) is 16.7. The molecule has 4 aromatic carbocycles. The quantitative estimate of drug-likeness (QED) is 0.379. The van der Waals surface area contributed by atoms with E-state index in [9.17, 15) is 4.79 Å². The van der Waals surface area contributed by atoms with Crippen LogP contribution in [-0.4, -0.2) is 12.5 Å². The largest absolute Gasteiger partial charge is 0.484 e. The molecule has 0 saturated carbocycles. The molecule has 1 amide bonds. The standard InChI is InChI=1S/C25H21NO2S/c27-25(17-28-23-15-12-20-6-4-5-7-21(20)16-23)26-22-13-10-19(11-14-22)18-29-24-8-2-1-3-9-24/h1-16H,17-18H2,(H,26,27). The Bertz CT molecular complexity index is 1090. The van der Waals surface area contributed by atoms with Gasteiger partial charge in [-0.1, -0.05) is 60.7 Å². The van der Waals surface area contributed by atoms with E-state index in [-0.39, 0.29) is 12.5 Å². The van der Waals surface area contributed by atoms with E-state index < -0.39 is 0 Å². The predicted octanol–water partition coefficient (Wildman–Crippen LogP) is 6.15. The van der Waals surface area contributed by atoms with Crippen LogP contribution in [0, 0.1) is 0 Å². The Morgan fingerprint density at radius 1 is 0.793 bits per heavy atom. The molecule has 0 aliphatic heterocycles. The van der Waals surface area contributed by atoms with E-state index in [0.717, 1.165) is 22.2 Å². The number of ether oxygens (including phenoxy) is 1. The van der Waals surface area contributed by atoms with Crippen LogP contribution >= 0.6 is 11.8 Å². The third kappa shape index (κ3) is 5.39. The van der Waals surface area contributed by atoms with Crippen LogP contribution in [0.25, 0.3) is 10.8 Å². The number of hydrogen-bond acceptors (Lipinski definition) is 3. The summed E-state index contributed by atoms with van der Waals surface area (Å²) >= 11 is 1.79. The topological polar surface area (TPSA) is 38.3 Å². The Kier molecular flexibility index (Phi) is 6.13. The van der Waals surface area contributed by atoms with Crippen molar-refractivity contribution in [1.82, 2.24) is 0 Å². The van der Waals surface area contributed by atoms with E-state index in [1.165, 1.54) is 10.5 Å². The molecule has 0 fully saturated rings. The van der Waals surface area contributed by atoms with Gasteiger partial charge in [0.05, 0.1) is 0 Å². The summed E-state index contributed by atoms with van der Waals surface area (Å²) in [5, 5.41) is 5.12. The van der Waals surface area contributed by atoms with Crippen molar-refractivity contribution in [3.05, 3.63) is 103 Å². The van der Waals surface area contributed by atoms with E-state index in [0.29, 0.717) is 5.75 Å². The van der Waals surface area contributed by atoms with Crippen LogP contribution in [0.15, 0.2) is 102 Å². The lowest BCUT2D eigenvalue weighted by molar-refractivity contribution is -0.118. The van der Waals surface area contributed by atoms with E-state index >= 15 is 0 Å². The summed E-state index contributed by atoms with van der Waals surface area (Å²) in [6, 6.07) is 32.1. The number of amides is 1. The zero-order valence-electron chi connectivity index (χ0n) is 15.9. The Morgan fingerprint density at radius 2 is 1.52 bits per heavy atom. The van der Waals surface area contributed by atoms with Crippen LogP contribution in [0.4, 0.5) is 5.69 Å². The van der Waals surface area contributed by atoms with Crippen molar-refractivity contribution in [1.29, 1.82) is 0 Å². The van der Waals surface area contributed by atoms with E-state index in [4.69, 9.17) is 4.74 Å². The highest BCUT2D eigenvalue weighted by Gasteiger charge is 2.05. The highest BCUT2D eigenvalue weighted by molar-refractivity contribution is 7.98. The summed E-state index contributed by atoms with van der Waals surface area (Å²) < 4.78 is 5.64. The van der Waals surface area contributed by atoms with Crippen molar-refractivity contribution in [2.75, 3.05) is 11.9 Å². The number of hydrogen-bond donors (Lipinski definition) is 1. The van der Waals surface area contributed by atoms with Gasteiger partial charge in [0.15, 0.2) is 6.61 Å². The number of nitrogens with one attached hydrogen (secondary N) is 1. The summed E-state index contributed by atoms with van der Waals surface area (Å²) in [4.78, 5) is 13.5. The number of anilines is 1. The molecule has 3 nitrogen and oxygen atoms in total. The normalized spacial score (nSPS) is 10.6. The third-order valence-corrected chi connectivity index (χ3v) is 5.56. The van der Waals surface area contributed by atoms with Gasteiger partial charge in [-0.2, -0.15) is 0 Å². The first kappa shape index (κ1) is 19.1. The predicted molar refractivity (Wildman–Crippen MR) is 121 cm³/mol. The Hall–Kier alpha value is -3.24. The summed E-state index contributed by atoms with van der Waals surface area (Å²) in [7, 11) is 0. The minimum Gasteiger partial charge on any atom is -0.484 e. The van der Waals surface area contributed by atoms with Gasteiger partial charge in [-0.25, -0.2) is 0 Å². The molecule has 4 aromatic rings. The van der Waals surface area contributed by atoms with Crippen molar-refractivity contribution < 1.29 is 9.53 Å². The zero-order chi connectivity index (χ0) is 19.9. The number of carbonyl (C=O) groups is 1. The lowest BCUT2D eigenvalue weighted by Crippen LogP contribution is -2.20. The third-order valence-electron chi connectivity index (χ3n) is 4.48. The molecule has 4 heteroatoms. The van der Waals surface area contributed by atoms with E-state index in [1.54, 1.807) is 11.8 Å². The number of benzene rings is 4. The van der Waals surface area contributed by atoms with Crippen LogP contribution in [-0.2, 0) is 10.5 Å². The minimum absolute atomic E-state index is 0.0239. The molecule has 4 rings (SSSR count). The molecule has 0 heterocycles. The maximum Gasteiger partial charge on any atom is 0.262 e. The van der Waals surface area contributed by atoms with E-state index in [2.05, 4.69) is 17.4 Å². The molecule has 0 saturated heterocycles. The molecular formula is C25H21NO2S. The van der Waals surface area contributed by atoms with Crippen molar-refractivity contribution in [2.45, 2.75) is 10.6 Å². The second-order valence-corrected chi connectivity index (χ2v) is 7.69. The van der Waals surface area contributed by atoms with Gasteiger partial charge in [-0.05, 0) is 52.7 Å². The second kappa shape index (κ2) is 9.30. The highest BCUT2D eigenvalue weighted by atomic mass is 32.2. The van der Waals surface area contributed by atoms with Gasteiger partial charge in [0, 0.05) is 16.3 Å². The lowest BCUT2D eigenvalue weighted by Gasteiger charge is -2.09. The summed E-state index contributed by atoms with van der Waals surface area (Å²) in [5.74, 6) is 1.40. The summed E-state index contributed by atoms with van der Waals surface area (Å²) in [6.07, 6.45) is 0. The van der Waals surface area contributed by atoms with Gasteiger partial charge >= 0.3 is 0 Å². The monoisotopic (exact) mass is 399 g/mol. The number of carbonyl (C=O) groups excluding carboxylic acids is 1. The van der Waals surface area contributed by atoms with Crippen molar-refractivity contribution in [2.24, 2.45) is 0 Å². The Labute approximate surface area is 174 Å². The van der Waals surface area contributed by atoms with Crippen LogP contribution in [0.2, 0.25) is 0 Å². The number of rotatable bonds is 7. The molecule has 29 heavy (non-hydrogen) atoms. The minimum atomic E-state index is -0.176. The maximum absolute atomic E-state index is 12.2. The SMILES string of the molecule is O=C(COc1ccc2ccccc2c1)Nc1ccc(CSc2ccccc2)cc1. The molecule has 0 bridgehead atoms. The van der Waals surface area contributed by atoms with Crippen LogP contribution < -0.4 is 10.1 Å². The molecule has 0 unspecified atom stereocenters. The van der Waals surface area contributed by atoms with Crippen molar-refractivity contribution in [3.63, 3.8) is 0 Å². The first-order valence-corrected chi connectivity index (χ1v) is 10.4. The smallest absolute Gasteiger partial charge is 0.262 e. The van der Waals surface area contributed by atoms with Crippen molar-refractivity contribution in [3.8, 4) is 5.75 Å². The van der Waals surface area contributed by atoms with Gasteiger partial charge in [-0.15, -0.1) is 11.8 Å². The molecule has 0 aromatic heterocycles. The van der Waals surface area contributed by atoms with Crippen molar-refractivity contribution >= 4 is 34.1 Å². The van der Waals surface area contributed by atoms with Gasteiger partial charge in [-0.3, -0.25) is 4.79 Å². The average molecular weight is 400 g/mol. The lowest BCUT2D eigenvalue weighted by atomic mass is 10.1. The molecule has 1 N–H and O–H groups in total. The first-order chi connectivity index (χ1) is 14.3.